The number of nitrogens with two attached hydrogens (primary N) is 1. The van der Waals surface area contributed by atoms with Crippen LogP contribution in [0.25, 0.3) is 0 Å². The second kappa shape index (κ2) is 5.57. The van der Waals surface area contributed by atoms with Crippen molar-refractivity contribution in [2.45, 2.75) is 63.8 Å². The Bertz CT molecular complexity index is 400. The zero-order chi connectivity index (χ0) is 14.0. The van der Waals surface area contributed by atoms with E-state index in [1.165, 1.54) is 11.3 Å². The van der Waals surface area contributed by atoms with Gasteiger partial charge in [-0.3, -0.25) is 14.5 Å². The van der Waals surface area contributed by atoms with Crippen molar-refractivity contribution >= 4 is 29.0 Å². The van der Waals surface area contributed by atoms with Crippen molar-refractivity contribution in [1.29, 1.82) is 0 Å². The van der Waals surface area contributed by atoms with E-state index >= 15 is 0 Å². The molecule has 5 heteroatoms. The molecular formula is C14H22N2O2S. The molecule has 0 spiro atoms. The van der Waals surface area contributed by atoms with Crippen molar-refractivity contribution in [2.75, 3.05) is 0 Å². The van der Waals surface area contributed by atoms with E-state index in [0.29, 0.717) is 11.4 Å². The summed E-state index contributed by atoms with van der Waals surface area (Å²) in [7, 11) is 0. The average molecular weight is 282 g/mol. The fourth-order valence-electron chi connectivity index (χ4n) is 3.30. The third-order valence-electron chi connectivity index (χ3n) is 4.44. The molecule has 1 saturated heterocycles. The SMILES string of the molecule is CC1CC(=O)N(C2(C(N)=S)CCCCCCC2)C1=O. The molecule has 19 heavy (non-hydrogen) atoms. The molecule has 106 valence electrons. The Morgan fingerprint density at radius 3 is 2.16 bits per heavy atom. The molecule has 0 aromatic rings. The molecule has 1 heterocycles. The van der Waals surface area contributed by atoms with Crippen LogP contribution >= 0.6 is 12.2 Å². The number of carbonyl (C=O) groups is 2. The highest BCUT2D eigenvalue weighted by Gasteiger charge is 2.50. The standard InChI is InChI=1S/C14H22N2O2S/c1-10-9-11(17)16(12(10)18)14(13(15)19)7-5-3-2-4-6-8-14/h10H,2-9H2,1H3,(H2,15,19). The highest BCUT2D eigenvalue weighted by Crippen LogP contribution is 2.37. The summed E-state index contributed by atoms with van der Waals surface area (Å²) in [5.74, 6) is -0.437. The lowest BCUT2D eigenvalue weighted by Gasteiger charge is -2.41. The summed E-state index contributed by atoms with van der Waals surface area (Å²) in [6.07, 6.45) is 7.16. The maximum Gasteiger partial charge on any atom is 0.233 e. The lowest BCUT2D eigenvalue weighted by Crippen LogP contribution is -2.59. The van der Waals surface area contributed by atoms with Crippen LogP contribution in [0.2, 0.25) is 0 Å². The molecule has 1 saturated carbocycles. The zero-order valence-electron chi connectivity index (χ0n) is 11.5. The molecule has 1 aliphatic heterocycles. The second-order valence-electron chi connectivity index (χ2n) is 5.84. The monoisotopic (exact) mass is 282 g/mol. The summed E-state index contributed by atoms with van der Waals surface area (Å²) in [6.45, 7) is 1.80. The van der Waals surface area contributed by atoms with E-state index in [1.807, 2.05) is 0 Å². The minimum atomic E-state index is -0.700. The fraction of sp³-hybridized carbons (Fsp3) is 0.786. The van der Waals surface area contributed by atoms with Crippen LogP contribution in [-0.2, 0) is 9.59 Å². The largest absolute Gasteiger partial charge is 0.391 e. The fourth-order valence-corrected chi connectivity index (χ4v) is 3.60. The number of rotatable bonds is 2. The average Bonchev–Trinajstić information content (AvgIpc) is 2.55. The maximum absolute atomic E-state index is 12.3. The van der Waals surface area contributed by atoms with Gasteiger partial charge in [-0.1, -0.05) is 51.2 Å². The van der Waals surface area contributed by atoms with Gasteiger partial charge in [0.15, 0.2) is 0 Å². The van der Waals surface area contributed by atoms with Crippen molar-refractivity contribution in [3.63, 3.8) is 0 Å². The Kier molecular flexibility index (Phi) is 4.23. The summed E-state index contributed by atoms with van der Waals surface area (Å²) in [5, 5.41) is 0. The first kappa shape index (κ1) is 14.4. The maximum atomic E-state index is 12.3. The molecule has 1 aliphatic carbocycles. The van der Waals surface area contributed by atoms with Gasteiger partial charge in [0.05, 0.1) is 4.99 Å². The van der Waals surface area contributed by atoms with Crippen LogP contribution in [0, 0.1) is 5.92 Å². The molecule has 2 rings (SSSR count). The van der Waals surface area contributed by atoms with Gasteiger partial charge in [-0.2, -0.15) is 0 Å². The molecule has 0 aromatic heterocycles. The normalized spacial score (nSPS) is 28.1. The van der Waals surface area contributed by atoms with Crippen molar-refractivity contribution in [3.05, 3.63) is 0 Å². The van der Waals surface area contributed by atoms with Crippen LogP contribution in [0.5, 0.6) is 0 Å². The quantitative estimate of drug-likeness (QED) is 0.622. The van der Waals surface area contributed by atoms with Crippen LogP contribution in [0.1, 0.15) is 58.3 Å². The number of amides is 2. The van der Waals surface area contributed by atoms with Gasteiger partial charge in [-0.05, 0) is 12.8 Å². The highest BCUT2D eigenvalue weighted by atomic mass is 32.1. The van der Waals surface area contributed by atoms with Crippen LogP contribution in [0.3, 0.4) is 0 Å². The van der Waals surface area contributed by atoms with E-state index in [9.17, 15) is 9.59 Å². The van der Waals surface area contributed by atoms with Gasteiger partial charge in [-0.25, -0.2) is 0 Å². The van der Waals surface area contributed by atoms with Gasteiger partial charge in [0.1, 0.15) is 5.54 Å². The van der Waals surface area contributed by atoms with Crippen molar-refractivity contribution in [2.24, 2.45) is 11.7 Å². The van der Waals surface area contributed by atoms with E-state index < -0.39 is 5.54 Å². The van der Waals surface area contributed by atoms with Gasteiger partial charge in [0.25, 0.3) is 0 Å². The van der Waals surface area contributed by atoms with Crippen LogP contribution in [0.15, 0.2) is 0 Å². The van der Waals surface area contributed by atoms with Crippen LogP contribution in [-0.4, -0.2) is 27.2 Å². The Morgan fingerprint density at radius 1 is 1.21 bits per heavy atom. The Hall–Kier alpha value is -0.970. The molecule has 1 unspecified atom stereocenters. The summed E-state index contributed by atoms with van der Waals surface area (Å²) in [5.41, 5.74) is 5.26. The lowest BCUT2D eigenvalue weighted by molar-refractivity contribution is -0.144. The minimum Gasteiger partial charge on any atom is -0.391 e. The van der Waals surface area contributed by atoms with Crippen molar-refractivity contribution in [1.82, 2.24) is 4.90 Å². The zero-order valence-corrected chi connectivity index (χ0v) is 12.3. The summed E-state index contributed by atoms with van der Waals surface area (Å²) in [6, 6.07) is 0. The number of thiocarbonyl (C=S) groups is 1. The number of hydrogen-bond acceptors (Lipinski definition) is 3. The summed E-state index contributed by atoms with van der Waals surface area (Å²) < 4.78 is 0. The predicted molar refractivity (Wildman–Crippen MR) is 77.5 cm³/mol. The van der Waals surface area contributed by atoms with Gasteiger partial charge >= 0.3 is 0 Å². The first-order valence-electron chi connectivity index (χ1n) is 7.16. The van der Waals surface area contributed by atoms with Gasteiger partial charge in [0, 0.05) is 12.3 Å². The Balaban J connectivity index is 2.34. The lowest BCUT2D eigenvalue weighted by atomic mass is 9.82. The van der Waals surface area contributed by atoms with Gasteiger partial charge in [-0.15, -0.1) is 0 Å². The summed E-state index contributed by atoms with van der Waals surface area (Å²) >= 11 is 5.24. The molecule has 0 radical (unpaired) electrons. The first-order chi connectivity index (χ1) is 8.99. The smallest absolute Gasteiger partial charge is 0.233 e. The highest BCUT2D eigenvalue weighted by molar-refractivity contribution is 7.80. The third-order valence-corrected chi connectivity index (χ3v) is 4.82. The van der Waals surface area contributed by atoms with Gasteiger partial charge < -0.3 is 5.73 Å². The molecule has 2 aliphatic rings. The molecule has 2 amide bonds. The first-order valence-corrected chi connectivity index (χ1v) is 7.57. The molecule has 2 fully saturated rings. The molecule has 0 aromatic carbocycles. The number of carbonyl (C=O) groups excluding carboxylic acids is 2. The molecule has 4 nitrogen and oxygen atoms in total. The minimum absolute atomic E-state index is 0.0987. The van der Waals surface area contributed by atoms with Crippen molar-refractivity contribution < 1.29 is 9.59 Å². The molecule has 2 N–H and O–H groups in total. The Morgan fingerprint density at radius 2 is 1.74 bits per heavy atom. The number of nitrogens with zero attached hydrogens (tertiary/aromatic N) is 1. The van der Waals surface area contributed by atoms with E-state index in [1.54, 1.807) is 6.92 Å². The third kappa shape index (κ3) is 2.53. The van der Waals surface area contributed by atoms with E-state index in [4.69, 9.17) is 18.0 Å². The Labute approximate surface area is 119 Å². The molecule has 0 bridgehead atoms. The molecule has 1 atom stereocenters. The topological polar surface area (TPSA) is 63.4 Å². The van der Waals surface area contributed by atoms with Gasteiger partial charge in [0.2, 0.25) is 11.8 Å². The summed E-state index contributed by atoms with van der Waals surface area (Å²) in [4.78, 5) is 26.2. The number of likely N-dealkylation sites (tertiary alicyclic amines) is 1. The van der Waals surface area contributed by atoms with E-state index in [2.05, 4.69) is 0 Å². The number of hydrogen-bond donors (Lipinski definition) is 1. The number of imide groups is 1. The van der Waals surface area contributed by atoms with E-state index in [0.717, 1.165) is 38.5 Å². The van der Waals surface area contributed by atoms with Crippen LogP contribution in [0.4, 0.5) is 0 Å². The van der Waals surface area contributed by atoms with E-state index in [-0.39, 0.29) is 17.7 Å². The van der Waals surface area contributed by atoms with Crippen LogP contribution < -0.4 is 5.73 Å². The predicted octanol–water partition coefficient (Wildman–Crippen LogP) is 2.15. The molecular weight excluding hydrogens is 260 g/mol. The van der Waals surface area contributed by atoms with Crippen molar-refractivity contribution in [3.8, 4) is 0 Å². The second-order valence-corrected chi connectivity index (χ2v) is 6.28.